The highest BCUT2D eigenvalue weighted by Crippen LogP contribution is 2.34. The first kappa shape index (κ1) is 8.75. The van der Waals surface area contributed by atoms with Gasteiger partial charge in [-0.3, -0.25) is 0 Å². The summed E-state index contributed by atoms with van der Waals surface area (Å²) in [4.78, 5) is 4.13. The average molecular weight is 180 g/mol. The van der Waals surface area contributed by atoms with Crippen LogP contribution in [0.1, 0.15) is 37.9 Å². The molecular formula is C10H16N2O. The quantitative estimate of drug-likeness (QED) is 0.752. The molecular weight excluding hydrogens is 164 g/mol. The standard InChI is InChI=1S/C10H16N2O/c1-8-3-2-4-10(8)12-5-9(6-13)11-7-12/h5,7-8,10,13H,2-4,6H2,1H3. The van der Waals surface area contributed by atoms with Crippen molar-refractivity contribution in [1.82, 2.24) is 9.55 Å². The third-order valence-electron chi connectivity index (χ3n) is 3.02. The van der Waals surface area contributed by atoms with Crippen molar-refractivity contribution in [2.45, 2.75) is 38.8 Å². The fourth-order valence-corrected chi connectivity index (χ4v) is 2.21. The topological polar surface area (TPSA) is 38.0 Å². The SMILES string of the molecule is CC1CCCC1n1cnc(CO)c1. The first-order chi connectivity index (χ1) is 6.31. The summed E-state index contributed by atoms with van der Waals surface area (Å²) in [5.41, 5.74) is 0.777. The van der Waals surface area contributed by atoms with Gasteiger partial charge in [0, 0.05) is 12.2 Å². The van der Waals surface area contributed by atoms with Gasteiger partial charge < -0.3 is 9.67 Å². The molecule has 3 nitrogen and oxygen atoms in total. The number of rotatable bonds is 2. The fraction of sp³-hybridized carbons (Fsp3) is 0.700. The number of hydrogen-bond acceptors (Lipinski definition) is 2. The molecule has 1 N–H and O–H groups in total. The zero-order valence-corrected chi connectivity index (χ0v) is 7.98. The molecule has 1 aromatic rings. The van der Waals surface area contributed by atoms with E-state index < -0.39 is 0 Å². The Balaban J connectivity index is 2.15. The Kier molecular flexibility index (Phi) is 2.36. The molecule has 1 heterocycles. The number of nitrogens with zero attached hydrogens (tertiary/aromatic N) is 2. The molecule has 3 heteroatoms. The lowest BCUT2D eigenvalue weighted by Gasteiger charge is -2.16. The third-order valence-corrected chi connectivity index (χ3v) is 3.02. The van der Waals surface area contributed by atoms with Crippen LogP contribution >= 0.6 is 0 Å². The highest BCUT2D eigenvalue weighted by molar-refractivity contribution is 4.97. The summed E-state index contributed by atoms with van der Waals surface area (Å²) >= 11 is 0. The highest BCUT2D eigenvalue weighted by Gasteiger charge is 2.24. The van der Waals surface area contributed by atoms with Gasteiger partial charge in [-0.2, -0.15) is 0 Å². The zero-order valence-electron chi connectivity index (χ0n) is 7.98. The first-order valence-electron chi connectivity index (χ1n) is 4.94. The van der Waals surface area contributed by atoms with Gasteiger partial charge in [0.25, 0.3) is 0 Å². The Hall–Kier alpha value is -0.830. The summed E-state index contributed by atoms with van der Waals surface area (Å²) in [6.07, 6.45) is 7.70. The lowest BCUT2D eigenvalue weighted by molar-refractivity contribution is 0.277. The van der Waals surface area contributed by atoms with Crippen LogP contribution in [-0.2, 0) is 6.61 Å². The third kappa shape index (κ3) is 1.61. The van der Waals surface area contributed by atoms with Crippen molar-refractivity contribution < 1.29 is 5.11 Å². The molecule has 1 aliphatic rings. The average Bonchev–Trinajstić information content (AvgIpc) is 2.71. The van der Waals surface area contributed by atoms with E-state index in [9.17, 15) is 0 Å². The van der Waals surface area contributed by atoms with Crippen LogP contribution in [0, 0.1) is 5.92 Å². The molecule has 0 aliphatic heterocycles. The van der Waals surface area contributed by atoms with E-state index in [2.05, 4.69) is 16.5 Å². The molecule has 1 fully saturated rings. The summed E-state index contributed by atoms with van der Waals surface area (Å²) in [5, 5.41) is 8.88. The molecule has 2 unspecified atom stereocenters. The van der Waals surface area contributed by atoms with Crippen molar-refractivity contribution in [3.05, 3.63) is 18.2 Å². The second-order valence-corrected chi connectivity index (χ2v) is 3.95. The van der Waals surface area contributed by atoms with Crippen molar-refractivity contribution in [3.8, 4) is 0 Å². The Morgan fingerprint density at radius 3 is 3.00 bits per heavy atom. The van der Waals surface area contributed by atoms with Gasteiger partial charge in [0.05, 0.1) is 18.6 Å². The highest BCUT2D eigenvalue weighted by atomic mass is 16.3. The molecule has 2 atom stereocenters. The van der Waals surface area contributed by atoms with E-state index >= 15 is 0 Å². The van der Waals surface area contributed by atoms with E-state index in [0.29, 0.717) is 6.04 Å². The van der Waals surface area contributed by atoms with Gasteiger partial charge in [-0.25, -0.2) is 4.98 Å². The number of hydrogen-bond donors (Lipinski definition) is 1. The number of aromatic nitrogens is 2. The zero-order chi connectivity index (χ0) is 9.26. The van der Waals surface area contributed by atoms with Crippen LogP contribution in [0.25, 0.3) is 0 Å². The Morgan fingerprint density at radius 2 is 2.46 bits per heavy atom. The maximum absolute atomic E-state index is 8.88. The molecule has 2 rings (SSSR count). The monoisotopic (exact) mass is 180 g/mol. The molecule has 72 valence electrons. The van der Waals surface area contributed by atoms with Crippen LogP contribution in [0.2, 0.25) is 0 Å². The minimum Gasteiger partial charge on any atom is -0.390 e. The molecule has 0 bridgehead atoms. The normalized spacial score (nSPS) is 28.2. The van der Waals surface area contributed by atoms with E-state index in [-0.39, 0.29) is 6.61 Å². The van der Waals surface area contributed by atoms with E-state index in [1.165, 1.54) is 19.3 Å². The molecule has 0 radical (unpaired) electrons. The second kappa shape index (κ2) is 3.50. The minimum atomic E-state index is 0.0497. The largest absolute Gasteiger partial charge is 0.390 e. The Labute approximate surface area is 78.4 Å². The van der Waals surface area contributed by atoms with Crippen LogP contribution in [0.15, 0.2) is 12.5 Å². The van der Waals surface area contributed by atoms with Gasteiger partial charge >= 0.3 is 0 Å². The maximum Gasteiger partial charge on any atom is 0.0953 e. The second-order valence-electron chi connectivity index (χ2n) is 3.95. The maximum atomic E-state index is 8.88. The molecule has 0 spiro atoms. The number of aliphatic hydroxyl groups excluding tert-OH is 1. The van der Waals surface area contributed by atoms with Crippen LogP contribution in [0.3, 0.4) is 0 Å². The van der Waals surface area contributed by atoms with E-state index in [1.807, 2.05) is 12.5 Å². The van der Waals surface area contributed by atoms with Gasteiger partial charge in [0.15, 0.2) is 0 Å². The summed E-state index contributed by atoms with van der Waals surface area (Å²) in [6.45, 7) is 2.34. The smallest absolute Gasteiger partial charge is 0.0953 e. The van der Waals surface area contributed by atoms with Crippen molar-refractivity contribution in [2.24, 2.45) is 5.92 Å². The minimum absolute atomic E-state index is 0.0497. The molecule has 1 aromatic heterocycles. The summed E-state index contributed by atoms with van der Waals surface area (Å²) < 4.78 is 2.16. The summed E-state index contributed by atoms with van der Waals surface area (Å²) in [6, 6.07) is 0.604. The van der Waals surface area contributed by atoms with E-state index in [1.54, 1.807) is 0 Å². The van der Waals surface area contributed by atoms with Crippen LogP contribution in [0.4, 0.5) is 0 Å². The molecule has 0 saturated heterocycles. The lowest BCUT2D eigenvalue weighted by Crippen LogP contribution is -2.09. The summed E-state index contributed by atoms with van der Waals surface area (Å²) in [7, 11) is 0. The predicted octanol–water partition coefficient (Wildman–Crippen LogP) is 1.74. The van der Waals surface area contributed by atoms with Crippen molar-refractivity contribution in [1.29, 1.82) is 0 Å². The molecule has 13 heavy (non-hydrogen) atoms. The van der Waals surface area contributed by atoms with E-state index in [4.69, 9.17) is 5.11 Å². The number of imidazole rings is 1. The van der Waals surface area contributed by atoms with Gasteiger partial charge in [0.2, 0.25) is 0 Å². The van der Waals surface area contributed by atoms with Crippen LogP contribution < -0.4 is 0 Å². The van der Waals surface area contributed by atoms with Crippen molar-refractivity contribution in [3.63, 3.8) is 0 Å². The van der Waals surface area contributed by atoms with Crippen LogP contribution in [-0.4, -0.2) is 14.7 Å². The van der Waals surface area contributed by atoms with Gasteiger partial charge in [0.1, 0.15) is 0 Å². The Bertz CT molecular complexity index is 282. The lowest BCUT2D eigenvalue weighted by atomic mass is 10.1. The number of aliphatic hydroxyl groups is 1. The molecule has 0 aromatic carbocycles. The molecule has 1 aliphatic carbocycles. The van der Waals surface area contributed by atoms with Crippen LogP contribution in [0.5, 0.6) is 0 Å². The summed E-state index contributed by atoms with van der Waals surface area (Å²) in [5.74, 6) is 0.751. The van der Waals surface area contributed by atoms with Crippen molar-refractivity contribution >= 4 is 0 Å². The Morgan fingerprint density at radius 1 is 1.62 bits per heavy atom. The van der Waals surface area contributed by atoms with Crippen molar-refractivity contribution in [2.75, 3.05) is 0 Å². The van der Waals surface area contributed by atoms with E-state index in [0.717, 1.165) is 11.6 Å². The predicted molar refractivity (Wildman–Crippen MR) is 50.2 cm³/mol. The van der Waals surface area contributed by atoms with Gasteiger partial charge in [-0.1, -0.05) is 13.3 Å². The fourth-order valence-electron chi connectivity index (χ4n) is 2.21. The first-order valence-corrected chi connectivity index (χ1v) is 4.94. The molecule has 0 amide bonds. The molecule has 1 saturated carbocycles. The van der Waals surface area contributed by atoms with Gasteiger partial charge in [-0.05, 0) is 18.8 Å². The van der Waals surface area contributed by atoms with Gasteiger partial charge in [-0.15, -0.1) is 0 Å².